The summed E-state index contributed by atoms with van der Waals surface area (Å²) in [5, 5.41) is 3.29. The number of nitrogens with one attached hydrogen (secondary N) is 1. The molecule has 0 radical (unpaired) electrons. The quantitative estimate of drug-likeness (QED) is 0.855. The molecule has 0 bridgehead atoms. The van der Waals surface area contributed by atoms with Crippen molar-refractivity contribution in [2.45, 2.75) is 6.92 Å². The fourth-order valence-electron chi connectivity index (χ4n) is 3.07. The van der Waals surface area contributed by atoms with Gasteiger partial charge in [0.05, 0.1) is 5.69 Å². The van der Waals surface area contributed by atoms with Gasteiger partial charge < -0.3 is 20.0 Å². The third-order valence-electron chi connectivity index (χ3n) is 4.48. The monoisotopic (exact) mass is 358 g/mol. The number of hydrogen-bond acceptors (Lipinski definition) is 6. The molecule has 1 aromatic heterocycles. The molecular formula is C19H27FN6. The third-order valence-corrected chi connectivity index (χ3v) is 4.48. The van der Waals surface area contributed by atoms with Gasteiger partial charge in [-0.25, -0.2) is 9.37 Å². The topological polar surface area (TPSA) is 47.5 Å². The van der Waals surface area contributed by atoms with Crippen molar-refractivity contribution in [1.29, 1.82) is 0 Å². The predicted molar refractivity (Wildman–Crippen MR) is 105 cm³/mol. The van der Waals surface area contributed by atoms with Gasteiger partial charge in [0.1, 0.15) is 11.6 Å². The van der Waals surface area contributed by atoms with Crippen molar-refractivity contribution in [3.05, 3.63) is 41.8 Å². The predicted octanol–water partition coefficient (Wildman–Crippen LogP) is 2.22. The van der Waals surface area contributed by atoms with Crippen molar-refractivity contribution in [3.63, 3.8) is 0 Å². The molecule has 7 heteroatoms. The summed E-state index contributed by atoms with van der Waals surface area (Å²) in [6, 6.07) is 8.97. The molecule has 1 N–H and O–H groups in total. The van der Waals surface area contributed by atoms with Crippen LogP contribution in [0.4, 0.5) is 21.8 Å². The molecule has 3 rings (SSSR count). The van der Waals surface area contributed by atoms with Gasteiger partial charge in [-0.2, -0.15) is 4.98 Å². The van der Waals surface area contributed by atoms with E-state index < -0.39 is 0 Å². The summed E-state index contributed by atoms with van der Waals surface area (Å²) in [7, 11) is 4.08. The summed E-state index contributed by atoms with van der Waals surface area (Å²) in [6.07, 6.45) is 0. The zero-order chi connectivity index (χ0) is 18.5. The molecule has 1 saturated heterocycles. The van der Waals surface area contributed by atoms with Crippen LogP contribution in [0.25, 0.3) is 0 Å². The molecule has 2 heterocycles. The Morgan fingerprint density at radius 3 is 2.46 bits per heavy atom. The Labute approximate surface area is 154 Å². The van der Waals surface area contributed by atoms with Gasteiger partial charge in [0, 0.05) is 51.0 Å². The molecule has 0 unspecified atom stereocenters. The van der Waals surface area contributed by atoms with E-state index in [0.717, 1.165) is 50.8 Å². The van der Waals surface area contributed by atoms with Gasteiger partial charge in [-0.3, -0.25) is 0 Å². The molecule has 1 aliphatic heterocycles. The Morgan fingerprint density at radius 2 is 1.77 bits per heavy atom. The lowest BCUT2D eigenvalue weighted by molar-refractivity contribution is 0.425. The van der Waals surface area contributed by atoms with Crippen LogP contribution in [0.2, 0.25) is 0 Å². The molecule has 1 fully saturated rings. The van der Waals surface area contributed by atoms with Crippen LogP contribution < -0.4 is 15.1 Å². The van der Waals surface area contributed by atoms with Crippen molar-refractivity contribution in [2.24, 2.45) is 0 Å². The van der Waals surface area contributed by atoms with E-state index in [4.69, 9.17) is 0 Å². The van der Waals surface area contributed by atoms with E-state index in [1.165, 1.54) is 6.07 Å². The van der Waals surface area contributed by atoms with E-state index in [0.29, 0.717) is 11.6 Å². The minimum absolute atomic E-state index is 0.161. The highest BCUT2D eigenvalue weighted by Gasteiger charge is 2.20. The lowest BCUT2D eigenvalue weighted by Crippen LogP contribution is -2.47. The lowest BCUT2D eigenvalue weighted by Gasteiger charge is -2.37. The summed E-state index contributed by atoms with van der Waals surface area (Å²) in [5.74, 6) is 1.43. The lowest BCUT2D eigenvalue weighted by atomic mass is 10.2. The number of benzene rings is 1. The van der Waals surface area contributed by atoms with E-state index in [2.05, 4.69) is 30.0 Å². The molecule has 1 aliphatic rings. The molecule has 26 heavy (non-hydrogen) atoms. The smallest absolute Gasteiger partial charge is 0.224 e. The summed E-state index contributed by atoms with van der Waals surface area (Å²) in [5.41, 5.74) is 1.62. The molecule has 1 aromatic carbocycles. The fourth-order valence-corrected chi connectivity index (χ4v) is 3.07. The standard InChI is InChI=1S/C19H27FN6/c1-15-14-18(23-19(22-15)21-8-9-24(2)3)26-12-10-25(11-13-26)17-7-5-4-6-16(17)20/h4-7,14H,8-13H2,1-3H3,(H,21,22,23). The average molecular weight is 358 g/mol. The van der Waals surface area contributed by atoms with E-state index in [1.807, 2.05) is 39.2 Å². The first kappa shape index (κ1) is 18.4. The van der Waals surface area contributed by atoms with Gasteiger partial charge >= 0.3 is 0 Å². The van der Waals surface area contributed by atoms with E-state index in [9.17, 15) is 4.39 Å². The number of aryl methyl sites for hydroxylation is 1. The largest absolute Gasteiger partial charge is 0.366 e. The Balaban J connectivity index is 1.63. The molecule has 0 aliphatic carbocycles. The van der Waals surface area contributed by atoms with E-state index in [-0.39, 0.29) is 5.82 Å². The Morgan fingerprint density at radius 1 is 1.08 bits per heavy atom. The number of halogens is 1. The summed E-state index contributed by atoms with van der Waals surface area (Å²) in [6.45, 7) is 6.87. The summed E-state index contributed by atoms with van der Waals surface area (Å²) >= 11 is 0. The molecule has 0 amide bonds. The number of anilines is 3. The first-order valence-electron chi connectivity index (χ1n) is 9.01. The molecule has 6 nitrogen and oxygen atoms in total. The van der Waals surface area contributed by atoms with Crippen LogP contribution in [0.5, 0.6) is 0 Å². The number of piperazine rings is 1. The van der Waals surface area contributed by atoms with Crippen molar-refractivity contribution in [1.82, 2.24) is 14.9 Å². The van der Waals surface area contributed by atoms with Crippen molar-refractivity contribution >= 4 is 17.5 Å². The first-order valence-corrected chi connectivity index (χ1v) is 9.01. The van der Waals surface area contributed by atoms with Crippen LogP contribution in [0.3, 0.4) is 0 Å². The third kappa shape index (κ3) is 4.60. The second-order valence-electron chi connectivity index (χ2n) is 6.85. The molecule has 2 aromatic rings. The minimum Gasteiger partial charge on any atom is -0.366 e. The van der Waals surface area contributed by atoms with Gasteiger partial charge in [0.15, 0.2) is 0 Å². The Bertz CT molecular complexity index is 728. The average Bonchev–Trinajstić information content (AvgIpc) is 2.61. The van der Waals surface area contributed by atoms with Crippen LogP contribution >= 0.6 is 0 Å². The van der Waals surface area contributed by atoms with Crippen molar-refractivity contribution in [3.8, 4) is 0 Å². The fraction of sp³-hybridized carbons (Fsp3) is 0.474. The highest BCUT2D eigenvalue weighted by atomic mass is 19.1. The molecule has 140 valence electrons. The maximum Gasteiger partial charge on any atom is 0.224 e. The van der Waals surface area contributed by atoms with E-state index in [1.54, 1.807) is 6.07 Å². The SMILES string of the molecule is Cc1cc(N2CCN(c3ccccc3F)CC2)nc(NCCN(C)C)n1. The number of rotatable bonds is 6. The normalized spacial score (nSPS) is 14.8. The van der Waals surface area contributed by atoms with Crippen LogP contribution in [-0.2, 0) is 0 Å². The number of para-hydroxylation sites is 1. The second-order valence-corrected chi connectivity index (χ2v) is 6.85. The second kappa shape index (κ2) is 8.31. The highest BCUT2D eigenvalue weighted by Crippen LogP contribution is 2.22. The molecular weight excluding hydrogens is 331 g/mol. The summed E-state index contributed by atoms with van der Waals surface area (Å²) < 4.78 is 14.0. The van der Waals surface area contributed by atoms with Crippen molar-refractivity contribution < 1.29 is 4.39 Å². The zero-order valence-corrected chi connectivity index (χ0v) is 15.7. The molecule has 0 saturated carbocycles. The van der Waals surface area contributed by atoms with Gasteiger partial charge in [0.25, 0.3) is 0 Å². The zero-order valence-electron chi connectivity index (χ0n) is 15.7. The minimum atomic E-state index is -0.161. The van der Waals surface area contributed by atoms with Crippen LogP contribution in [0.15, 0.2) is 30.3 Å². The molecule has 0 atom stereocenters. The number of hydrogen-bond donors (Lipinski definition) is 1. The van der Waals surface area contributed by atoms with Crippen LogP contribution in [0, 0.1) is 12.7 Å². The number of likely N-dealkylation sites (N-methyl/N-ethyl adjacent to an activating group) is 1. The first-order chi connectivity index (χ1) is 12.5. The van der Waals surface area contributed by atoms with E-state index >= 15 is 0 Å². The number of nitrogens with zero attached hydrogens (tertiary/aromatic N) is 5. The summed E-state index contributed by atoms with van der Waals surface area (Å²) in [4.78, 5) is 15.6. The van der Waals surface area contributed by atoms with Gasteiger partial charge in [-0.15, -0.1) is 0 Å². The molecule has 0 spiro atoms. The highest BCUT2D eigenvalue weighted by molar-refractivity contribution is 5.51. The number of aromatic nitrogens is 2. The van der Waals surface area contributed by atoms with Gasteiger partial charge in [-0.05, 0) is 33.2 Å². The van der Waals surface area contributed by atoms with Gasteiger partial charge in [-0.1, -0.05) is 12.1 Å². The maximum atomic E-state index is 14.0. The Kier molecular flexibility index (Phi) is 5.88. The van der Waals surface area contributed by atoms with Crippen molar-refractivity contribution in [2.75, 3.05) is 68.5 Å². The van der Waals surface area contributed by atoms with Gasteiger partial charge in [0.2, 0.25) is 5.95 Å². The Hall–Kier alpha value is -2.41. The van der Waals surface area contributed by atoms with Crippen LogP contribution in [-0.4, -0.2) is 68.2 Å². The van der Waals surface area contributed by atoms with Crippen LogP contribution in [0.1, 0.15) is 5.69 Å². The maximum absolute atomic E-state index is 14.0.